The standard InChI is InChI=1S/C28H34FN3O3/c1-3-16-34-20-24(33)18-31(17-21-10-11-21)19-26-27(4-2)30-32(23-8-6-5-7-9-23)28(26)35-25-14-12-22(29)13-15-25/h3,5-9,12-15,21,24,33H,1,4,10-11,16-20H2,2H3. The molecule has 1 unspecified atom stereocenters. The highest BCUT2D eigenvalue weighted by molar-refractivity contribution is 5.43. The third-order valence-electron chi connectivity index (χ3n) is 5.99. The Morgan fingerprint density at radius 2 is 1.94 bits per heavy atom. The summed E-state index contributed by atoms with van der Waals surface area (Å²) in [7, 11) is 0. The Labute approximate surface area is 206 Å². The molecule has 186 valence electrons. The van der Waals surface area contributed by atoms with Crippen LogP contribution in [-0.4, -0.2) is 52.2 Å². The molecule has 1 aliphatic carbocycles. The Morgan fingerprint density at radius 1 is 1.20 bits per heavy atom. The molecule has 0 saturated heterocycles. The third-order valence-corrected chi connectivity index (χ3v) is 5.99. The summed E-state index contributed by atoms with van der Waals surface area (Å²) < 4.78 is 27.2. The molecule has 0 radical (unpaired) electrons. The normalized spacial score (nSPS) is 14.3. The van der Waals surface area contributed by atoms with Gasteiger partial charge in [-0.15, -0.1) is 6.58 Å². The number of nitrogens with zero attached hydrogens (tertiary/aromatic N) is 3. The summed E-state index contributed by atoms with van der Waals surface area (Å²) in [4.78, 5) is 2.27. The van der Waals surface area contributed by atoms with E-state index in [4.69, 9.17) is 14.6 Å². The quantitative estimate of drug-likeness (QED) is 0.256. The van der Waals surface area contributed by atoms with Crippen molar-refractivity contribution in [2.45, 2.75) is 38.8 Å². The highest BCUT2D eigenvalue weighted by atomic mass is 19.1. The van der Waals surface area contributed by atoms with Gasteiger partial charge in [0, 0.05) is 19.6 Å². The number of hydrogen-bond acceptors (Lipinski definition) is 5. The molecule has 2 aromatic carbocycles. The number of ether oxygens (including phenoxy) is 2. The van der Waals surface area contributed by atoms with Crippen LogP contribution < -0.4 is 4.74 Å². The molecule has 1 heterocycles. The van der Waals surface area contributed by atoms with Crippen molar-refractivity contribution in [2.24, 2.45) is 5.92 Å². The molecule has 1 aliphatic rings. The Morgan fingerprint density at radius 3 is 2.60 bits per heavy atom. The highest BCUT2D eigenvalue weighted by Crippen LogP contribution is 2.34. The molecule has 1 aromatic heterocycles. The fraction of sp³-hybridized carbons (Fsp3) is 0.393. The molecule has 1 fully saturated rings. The van der Waals surface area contributed by atoms with Crippen molar-refractivity contribution in [1.82, 2.24) is 14.7 Å². The summed E-state index contributed by atoms with van der Waals surface area (Å²) >= 11 is 0. The van der Waals surface area contributed by atoms with E-state index in [0.717, 1.165) is 29.9 Å². The second-order valence-electron chi connectivity index (χ2n) is 9.00. The smallest absolute Gasteiger partial charge is 0.227 e. The minimum absolute atomic E-state index is 0.260. The van der Waals surface area contributed by atoms with Crippen LogP contribution in [0.1, 0.15) is 31.0 Å². The summed E-state index contributed by atoms with van der Waals surface area (Å²) in [6, 6.07) is 15.9. The second-order valence-corrected chi connectivity index (χ2v) is 9.00. The van der Waals surface area contributed by atoms with Crippen molar-refractivity contribution in [1.29, 1.82) is 0 Å². The average molecular weight is 480 g/mol. The van der Waals surface area contributed by atoms with Gasteiger partial charge >= 0.3 is 0 Å². The van der Waals surface area contributed by atoms with E-state index < -0.39 is 6.10 Å². The predicted octanol–water partition coefficient (Wildman–Crippen LogP) is 5.14. The summed E-state index contributed by atoms with van der Waals surface area (Å²) in [6.45, 7) is 8.38. The Hall–Kier alpha value is -3.00. The number of aryl methyl sites for hydroxylation is 1. The van der Waals surface area contributed by atoms with E-state index in [-0.39, 0.29) is 12.4 Å². The SMILES string of the molecule is C=CCOCC(O)CN(Cc1c(CC)nn(-c2ccccc2)c1Oc1ccc(F)cc1)CC1CC1. The van der Waals surface area contributed by atoms with Crippen LogP contribution in [0.3, 0.4) is 0 Å². The number of halogens is 1. The lowest BCUT2D eigenvalue weighted by Gasteiger charge is -2.25. The van der Waals surface area contributed by atoms with E-state index in [1.807, 2.05) is 35.0 Å². The fourth-order valence-electron chi connectivity index (χ4n) is 4.11. The van der Waals surface area contributed by atoms with Crippen LogP contribution in [0.25, 0.3) is 5.69 Å². The van der Waals surface area contributed by atoms with Crippen molar-refractivity contribution < 1.29 is 19.0 Å². The van der Waals surface area contributed by atoms with E-state index >= 15 is 0 Å². The van der Waals surface area contributed by atoms with E-state index in [1.54, 1.807) is 18.2 Å². The van der Waals surface area contributed by atoms with Crippen LogP contribution >= 0.6 is 0 Å². The molecule has 0 aliphatic heterocycles. The molecule has 35 heavy (non-hydrogen) atoms. The molecule has 0 amide bonds. The minimum atomic E-state index is -0.607. The zero-order valence-electron chi connectivity index (χ0n) is 20.3. The highest BCUT2D eigenvalue weighted by Gasteiger charge is 2.28. The first kappa shape index (κ1) is 25.1. The van der Waals surface area contributed by atoms with Crippen molar-refractivity contribution in [2.75, 3.05) is 26.3 Å². The number of benzene rings is 2. The van der Waals surface area contributed by atoms with Gasteiger partial charge in [-0.25, -0.2) is 9.07 Å². The summed E-state index contributed by atoms with van der Waals surface area (Å²) in [5, 5.41) is 15.5. The lowest BCUT2D eigenvalue weighted by molar-refractivity contribution is 0.0235. The first-order valence-corrected chi connectivity index (χ1v) is 12.3. The largest absolute Gasteiger partial charge is 0.439 e. The first-order valence-electron chi connectivity index (χ1n) is 12.3. The number of aliphatic hydroxyl groups excluding tert-OH is 1. The summed E-state index contributed by atoms with van der Waals surface area (Å²) in [5.74, 6) is 1.48. The monoisotopic (exact) mass is 479 g/mol. The van der Waals surface area contributed by atoms with Gasteiger partial charge in [0.25, 0.3) is 0 Å². The Kier molecular flexibility index (Phi) is 8.69. The van der Waals surface area contributed by atoms with Gasteiger partial charge in [-0.2, -0.15) is 5.10 Å². The minimum Gasteiger partial charge on any atom is -0.439 e. The van der Waals surface area contributed by atoms with Gasteiger partial charge in [0.2, 0.25) is 5.88 Å². The van der Waals surface area contributed by atoms with Crippen LogP contribution in [0.4, 0.5) is 4.39 Å². The van der Waals surface area contributed by atoms with Gasteiger partial charge in [-0.1, -0.05) is 31.2 Å². The van der Waals surface area contributed by atoms with Crippen molar-refractivity contribution in [3.05, 3.63) is 84.3 Å². The van der Waals surface area contributed by atoms with Gasteiger partial charge in [0.1, 0.15) is 11.6 Å². The van der Waals surface area contributed by atoms with Gasteiger partial charge < -0.3 is 14.6 Å². The lowest BCUT2D eigenvalue weighted by Crippen LogP contribution is -2.36. The molecule has 0 spiro atoms. The maximum Gasteiger partial charge on any atom is 0.227 e. The summed E-state index contributed by atoms with van der Waals surface area (Å²) in [5.41, 5.74) is 2.79. The van der Waals surface area contributed by atoms with Crippen LogP contribution in [-0.2, 0) is 17.7 Å². The number of rotatable bonds is 14. The van der Waals surface area contributed by atoms with Crippen LogP contribution in [0, 0.1) is 11.7 Å². The van der Waals surface area contributed by atoms with E-state index in [9.17, 15) is 9.50 Å². The molecule has 0 bridgehead atoms. The van der Waals surface area contributed by atoms with Gasteiger partial charge in [-0.05, 0) is 61.6 Å². The zero-order valence-corrected chi connectivity index (χ0v) is 20.3. The number of hydrogen-bond donors (Lipinski definition) is 1. The molecule has 3 aromatic rings. The molecule has 4 rings (SSSR count). The van der Waals surface area contributed by atoms with Crippen LogP contribution in [0.15, 0.2) is 67.3 Å². The average Bonchev–Trinajstić information content (AvgIpc) is 3.62. The van der Waals surface area contributed by atoms with E-state index in [0.29, 0.717) is 37.2 Å². The van der Waals surface area contributed by atoms with Crippen LogP contribution in [0.2, 0.25) is 0 Å². The molecule has 7 heteroatoms. The zero-order chi connectivity index (χ0) is 24.6. The van der Waals surface area contributed by atoms with Gasteiger partial charge in [0.05, 0.1) is 36.3 Å². The third kappa shape index (κ3) is 7.01. The van der Waals surface area contributed by atoms with Crippen molar-refractivity contribution in [3.8, 4) is 17.3 Å². The number of para-hydroxylation sites is 1. The van der Waals surface area contributed by atoms with E-state index in [2.05, 4.69) is 18.4 Å². The first-order chi connectivity index (χ1) is 17.1. The van der Waals surface area contributed by atoms with Crippen molar-refractivity contribution >= 4 is 0 Å². The maximum absolute atomic E-state index is 13.5. The molecular formula is C28H34FN3O3. The lowest BCUT2D eigenvalue weighted by atomic mass is 10.1. The fourth-order valence-corrected chi connectivity index (χ4v) is 4.11. The molecular weight excluding hydrogens is 445 g/mol. The molecule has 1 N–H and O–H groups in total. The van der Waals surface area contributed by atoms with Gasteiger partial charge in [-0.3, -0.25) is 4.90 Å². The molecule has 1 saturated carbocycles. The number of aromatic nitrogens is 2. The maximum atomic E-state index is 13.5. The summed E-state index contributed by atoms with van der Waals surface area (Å²) in [6.07, 6.45) is 4.23. The predicted molar refractivity (Wildman–Crippen MR) is 134 cm³/mol. The Balaban J connectivity index is 1.65. The molecule has 1 atom stereocenters. The molecule has 6 nitrogen and oxygen atoms in total. The van der Waals surface area contributed by atoms with Gasteiger partial charge in [0.15, 0.2) is 0 Å². The Bertz CT molecular complexity index is 1080. The second kappa shape index (κ2) is 12.1. The van der Waals surface area contributed by atoms with Crippen LogP contribution in [0.5, 0.6) is 11.6 Å². The topological polar surface area (TPSA) is 59.8 Å². The van der Waals surface area contributed by atoms with Crippen molar-refractivity contribution in [3.63, 3.8) is 0 Å². The number of aliphatic hydroxyl groups is 1. The van der Waals surface area contributed by atoms with E-state index in [1.165, 1.54) is 25.0 Å².